The minimum Gasteiger partial charge on any atom is -0.494 e. The Morgan fingerprint density at radius 3 is 1.75 bits per heavy atom. The molecule has 6 heteroatoms. The van der Waals surface area contributed by atoms with E-state index in [0.29, 0.717) is 18.9 Å². The Labute approximate surface area is 165 Å². The Morgan fingerprint density at radius 1 is 0.929 bits per heavy atom. The summed E-state index contributed by atoms with van der Waals surface area (Å²) in [6, 6.07) is 15.2. The van der Waals surface area contributed by atoms with Gasteiger partial charge in [0.05, 0.1) is 25.3 Å². The molecule has 0 atom stereocenters. The summed E-state index contributed by atoms with van der Waals surface area (Å²) >= 11 is 0. The average Bonchev–Trinajstić information content (AvgIpc) is 2.68. The molecular formula is C22H25NO5. The van der Waals surface area contributed by atoms with Crippen LogP contribution in [0.2, 0.25) is 0 Å². The highest BCUT2D eigenvalue weighted by molar-refractivity contribution is 6.10. The largest absolute Gasteiger partial charge is 0.494 e. The van der Waals surface area contributed by atoms with Gasteiger partial charge in [-0.15, -0.1) is 0 Å². The number of rotatable bonds is 10. The molecule has 0 unspecified atom stereocenters. The molecule has 0 fully saturated rings. The Bertz CT molecular complexity index is 772. The van der Waals surface area contributed by atoms with Gasteiger partial charge in [0, 0.05) is 0 Å². The van der Waals surface area contributed by atoms with Crippen LogP contribution in [0.3, 0.4) is 0 Å². The zero-order valence-electron chi connectivity index (χ0n) is 16.3. The van der Waals surface area contributed by atoms with Gasteiger partial charge >= 0.3 is 5.97 Å². The zero-order chi connectivity index (χ0) is 20.4. The predicted molar refractivity (Wildman–Crippen MR) is 109 cm³/mol. The van der Waals surface area contributed by atoms with Crippen molar-refractivity contribution in [2.24, 2.45) is 5.16 Å². The second-order valence-electron chi connectivity index (χ2n) is 5.81. The Kier molecular flexibility index (Phi) is 8.09. The van der Waals surface area contributed by atoms with Gasteiger partial charge in [0.1, 0.15) is 18.6 Å². The van der Waals surface area contributed by atoms with Crippen molar-refractivity contribution < 1.29 is 24.2 Å². The van der Waals surface area contributed by atoms with E-state index in [1.807, 2.05) is 62.4 Å². The molecular weight excluding hydrogens is 358 g/mol. The Balaban J connectivity index is 2.48. The van der Waals surface area contributed by atoms with E-state index in [1.165, 1.54) is 7.11 Å². The highest BCUT2D eigenvalue weighted by Crippen LogP contribution is 2.27. The normalized spacial score (nSPS) is 10.9. The number of allylic oxidation sites excluding steroid dienone is 1. The van der Waals surface area contributed by atoms with Gasteiger partial charge in [0.15, 0.2) is 0 Å². The van der Waals surface area contributed by atoms with Gasteiger partial charge in [-0.25, -0.2) is 0 Å². The summed E-state index contributed by atoms with van der Waals surface area (Å²) in [4.78, 5) is 16.0. The third-order valence-electron chi connectivity index (χ3n) is 3.80. The lowest BCUT2D eigenvalue weighted by molar-refractivity contribution is -0.135. The molecule has 1 N–H and O–H groups in total. The van der Waals surface area contributed by atoms with Crippen LogP contribution in [0.15, 0.2) is 59.8 Å². The third-order valence-corrected chi connectivity index (χ3v) is 3.80. The van der Waals surface area contributed by atoms with Crippen molar-refractivity contribution in [3.63, 3.8) is 0 Å². The molecule has 0 bridgehead atoms. The minimum atomic E-state index is -0.982. The van der Waals surface area contributed by atoms with Crippen LogP contribution in [0.5, 0.6) is 11.5 Å². The van der Waals surface area contributed by atoms with E-state index >= 15 is 0 Å². The number of benzene rings is 2. The molecule has 0 saturated heterocycles. The summed E-state index contributed by atoms with van der Waals surface area (Å²) in [5, 5.41) is 13.0. The number of hydrogen-bond acceptors (Lipinski definition) is 5. The average molecular weight is 383 g/mol. The first-order valence-electron chi connectivity index (χ1n) is 9.07. The lowest BCUT2D eigenvalue weighted by atomic mass is 9.96. The molecule has 28 heavy (non-hydrogen) atoms. The van der Waals surface area contributed by atoms with E-state index in [4.69, 9.17) is 19.4 Å². The fraction of sp³-hybridized carbons (Fsp3) is 0.273. The van der Waals surface area contributed by atoms with Crippen molar-refractivity contribution in [1.29, 1.82) is 0 Å². The van der Waals surface area contributed by atoms with Crippen LogP contribution in [0.25, 0.3) is 5.57 Å². The maximum Gasteiger partial charge on any atom is 0.309 e. The van der Waals surface area contributed by atoms with E-state index in [2.05, 4.69) is 5.16 Å². The van der Waals surface area contributed by atoms with Gasteiger partial charge in [0.2, 0.25) is 0 Å². The van der Waals surface area contributed by atoms with Crippen molar-refractivity contribution >= 4 is 17.3 Å². The van der Waals surface area contributed by atoms with Crippen LogP contribution < -0.4 is 9.47 Å². The van der Waals surface area contributed by atoms with Crippen LogP contribution in [-0.4, -0.2) is 37.1 Å². The summed E-state index contributed by atoms with van der Waals surface area (Å²) in [5.41, 5.74) is 2.94. The lowest BCUT2D eigenvalue weighted by Gasteiger charge is -2.12. The molecule has 6 nitrogen and oxygen atoms in total. The van der Waals surface area contributed by atoms with Crippen molar-refractivity contribution in [3.05, 3.63) is 65.7 Å². The number of carboxylic acids is 1. The molecule has 0 heterocycles. The molecule has 0 aliphatic rings. The molecule has 0 aliphatic heterocycles. The smallest absolute Gasteiger partial charge is 0.309 e. The predicted octanol–water partition coefficient (Wildman–Crippen LogP) is 4.39. The van der Waals surface area contributed by atoms with Crippen molar-refractivity contribution in [2.45, 2.75) is 20.3 Å². The zero-order valence-corrected chi connectivity index (χ0v) is 16.3. The van der Waals surface area contributed by atoms with Gasteiger partial charge in [-0.05, 0) is 60.9 Å². The van der Waals surface area contributed by atoms with Gasteiger partial charge < -0.3 is 19.4 Å². The quantitative estimate of drug-likeness (QED) is 0.486. The summed E-state index contributed by atoms with van der Waals surface area (Å²) in [6.07, 6.45) is 1.48. The van der Waals surface area contributed by atoms with Gasteiger partial charge in [0.25, 0.3) is 0 Å². The highest BCUT2D eigenvalue weighted by atomic mass is 16.6. The first kappa shape index (κ1) is 21.0. The Morgan fingerprint density at radius 2 is 1.39 bits per heavy atom. The van der Waals surface area contributed by atoms with Crippen molar-refractivity contribution in [2.75, 3.05) is 20.3 Å². The molecule has 148 valence electrons. The van der Waals surface area contributed by atoms with Gasteiger partial charge in [-0.1, -0.05) is 29.4 Å². The molecule has 2 rings (SSSR count). The van der Waals surface area contributed by atoms with Crippen LogP contribution >= 0.6 is 0 Å². The number of nitrogens with zero attached hydrogens (tertiary/aromatic N) is 1. The monoisotopic (exact) mass is 383 g/mol. The van der Waals surface area contributed by atoms with E-state index in [1.54, 1.807) is 6.08 Å². The molecule has 0 aliphatic carbocycles. The lowest BCUT2D eigenvalue weighted by Crippen LogP contribution is -2.06. The fourth-order valence-corrected chi connectivity index (χ4v) is 2.68. The van der Waals surface area contributed by atoms with Gasteiger partial charge in [-0.3, -0.25) is 4.79 Å². The third kappa shape index (κ3) is 6.16. The topological polar surface area (TPSA) is 77.4 Å². The Hall–Kier alpha value is -3.28. The number of carboxylic acid groups (broad SMARTS) is 1. The van der Waals surface area contributed by atoms with Crippen molar-refractivity contribution in [3.8, 4) is 11.5 Å². The number of ether oxygens (including phenoxy) is 2. The van der Waals surface area contributed by atoms with Crippen LogP contribution in [0.1, 0.15) is 31.4 Å². The molecule has 2 aromatic carbocycles. The maximum atomic E-state index is 11.2. The summed E-state index contributed by atoms with van der Waals surface area (Å²) < 4.78 is 11.0. The summed E-state index contributed by atoms with van der Waals surface area (Å²) in [6.45, 7) is 5.03. The fourth-order valence-electron chi connectivity index (χ4n) is 2.68. The summed E-state index contributed by atoms with van der Waals surface area (Å²) in [5.74, 6) is 0.562. The van der Waals surface area contributed by atoms with E-state index in [0.717, 1.165) is 28.2 Å². The SMILES string of the molecule is CCOc1ccc(C(=CC(CC(=O)O)=NOC)c2ccc(OCC)cc2)cc1. The number of aliphatic carboxylic acids is 1. The van der Waals surface area contributed by atoms with Crippen LogP contribution in [-0.2, 0) is 9.63 Å². The first-order chi connectivity index (χ1) is 13.6. The molecule has 0 saturated carbocycles. The molecule has 0 amide bonds. The highest BCUT2D eigenvalue weighted by Gasteiger charge is 2.11. The van der Waals surface area contributed by atoms with E-state index in [9.17, 15) is 4.79 Å². The maximum absolute atomic E-state index is 11.2. The second kappa shape index (κ2) is 10.8. The number of hydrogen-bond donors (Lipinski definition) is 1. The first-order valence-corrected chi connectivity index (χ1v) is 9.07. The van der Waals surface area contributed by atoms with E-state index in [-0.39, 0.29) is 6.42 Å². The van der Waals surface area contributed by atoms with Crippen LogP contribution in [0.4, 0.5) is 0 Å². The minimum absolute atomic E-state index is 0.245. The number of carbonyl (C=O) groups is 1. The second-order valence-corrected chi connectivity index (χ2v) is 5.81. The van der Waals surface area contributed by atoms with Gasteiger partial charge in [-0.2, -0.15) is 0 Å². The van der Waals surface area contributed by atoms with Crippen LogP contribution in [0, 0.1) is 0 Å². The standard InChI is InChI=1S/C22H25NO5/c1-4-27-19-10-6-16(7-11-19)21(14-18(23-26-3)15-22(24)25)17-8-12-20(13-9-17)28-5-2/h6-14H,4-5,15H2,1-3H3,(H,24,25). The molecule has 0 aromatic heterocycles. The van der Waals surface area contributed by atoms with Crippen molar-refractivity contribution in [1.82, 2.24) is 0 Å². The number of oxime groups is 1. The summed E-state index contributed by atoms with van der Waals surface area (Å²) in [7, 11) is 1.39. The molecule has 2 aromatic rings. The molecule has 0 radical (unpaired) electrons. The van der Waals surface area contributed by atoms with E-state index < -0.39 is 5.97 Å². The molecule has 0 spiro atoms.